The van der Waals surface area contributed by atoms with E-state index in [1.54, 1.807) is 29.7 Å². The number of amides is 1. The van der Waals surface area contributed by atoms with Gasteiger partial charge in [-0.1, -0.05) is 25.0 Å². The molecule has 4 heterocycles. The number of aromatic nitrogens is 4. The monoisotopic (exact) mass is 531 g/mol. The second-order valence-electron chi connectivity index (χ2n) is 11.6. The highest BCUT2D eigenvalue weighted by molar-refractivity contribution is 5.94. The number of rotatable bonds is 9. The molecule has 2 aromatic heterocycles. The van der Waals surface area contributed by atoms with Crippen LogP contribution in [0, 0.1) is 5.92 Å². The van der Waals surface area contributed by atoms with E-state index in [-0.39, 0.29) is 11.5 Å². The molecule has 1 amide bonds. The first-order valence-electron chi connectivity index (χ1n) is 14.6. The van der Waals surface area contributed by atoms with Crippen LogP contribution in [0.15, 0.2) is 49.1 Å². The van der Waals surface area contributed by atoms with Crippen molar-refractivity contribution < 1.29 is 9.53 Å². The lowest BCUT2D eigenvalue weighted by atomic mass is 9.88. The number of imidazole rings is 2. The molecule has 1 aliphatic carbocycles. The molecule has 2 saturated heterocycles. The highest BCUT2D eigenvalue weighted by Gasteiger charge is 2.40. The Labute approximate surface area is 231 Å². The number of ether oxygens (including phenoxy) is 1. The van der Waals surface area contributed by atoms with Crippen LogP contribution in [0.1, 0.15) is 66.1 Å². The summed E-state index contributed by atoms with van der Waals surface area (Å²) >= 11 is 0. The minimum atomic E-state index is -0.0362. The molecular weight excluding hydrogens is 490 g/mol. The Morgan fingerprint density at radius 3 is 2.23 bits per heavy atom. The first-order valence-corrected chi connectivity index (χ1v) is 14.6. The van der Waals surface area contributed by atoms with Crippen molar-refractivity contribution in [3.63, 3.8) is 0 Å². The van der Waals surface area contributed by atoms with E-state index in [1.807, 2.05) is 12.1 Å². The third-order valence-corrected chi connectivity index (χ3v) is 8.77. The van der Waals surface area contributed by atoms with E-state index in [1.165, 1.54) is 37.8 Å². The fourth-order valence-electron chi connectivity index (χ4n) is 6.58. The lowest BCUT2D eigenvalue weighted by Crippen LogP contribution is -2.57. The Morgan fingerprint density at radius 2 is 1.62 bits per heavy atom. The maximum Gasteiger partial charge on any atom is 0.254 e. The second kappa shape index (κ2) is 12.0. The minimum absolute atomic E-state index is 0.0362. The van der Waals surface area contributed by atoms with Gasteiger partial charge in [0, 0.05) is 69.6 Å². The highest BCUT2D eigenvalue weighted by Crippen LogP contribution is 2.33. The van der Waals surface area contributed by atoms with Gasteiger partial charge in [0.15, 0.2) is 0 Å². The molecule has 0 radical (unpaired) electrons. The average Bonchev–Trinajstić information content (AvgIpc) is 3.75. The predicted octanol–water partition coefficient (Wildman–Crippen LogP) is 3.83. The van der Waals surface area contributed by atoms with Crippen LogP contribution in [0.25, 0.3) is 0 Å². The quantitative estimate of drug-likeness (QED) is 0.436. The maximum absolute atomic E-state index is 13.4. The number of morpholine rings is 1. The number of nitrogens with one attached hydrogen (secondary N) is 2. The molecule has 1 spiro atoms. The van der Waals surface area contributed by atoms with Crippen molar-refractivity contribution in [1.29, 1.82) is 0 Å². The Kier molecular flexibility index (Phi) is 8.08. The van der Waals surface area contributed by atoms with Crippen LogP contribution in [0.5, 0.6) is 0 Å². The predicted molar refractivity (Wildman–Crippen MR) is 149 cm³/mol. The number of carbonyl (C=O) groups is 1. The van der Waals surface area contributed by atoms with Crippen molar-refractivity contribution in [2.24, 2.45) is 5.92 Å². The van der Waals surface area contributed by atoms with Gasteiger partial charge in [0.25, 0.3) is 5.91 Å². The molecule has 3 fully saturated rings. The summed E-state index contributed by atoms with van der Waals surface area (Å²) in [7, 11) is 0. The molecule has 2 N–H and O–H groups in total. The van der Waals surface area contributed by atoms with Crippen LogP contribution in [-0.2, 0) is 24.4 Å². The number of carbonyl (C=O) groups excluding carboxylic acids is 1. The molecular formula is C30H41N7O2. The molecule has 1 aromatic carbocycles. The Morgan fingerprint density at radius 1 is 0.949 bits per heavy atom. The number of likely N-dealkylation sites (tertiary alicyclic amines) is 1. The molecule has 0 unspecified atom stereocenters. The van der Waals surface area contributed by atoms with Gasteiger partial charge in [0.1, 0.15) is 11.6 Å². The van der Waals surface area contributed by atoms with Crippen LogP contribution < -0.4 is 0 Å². The summed E-state index contributed by atoms with van der Waals surface area (Å²) in [6.07, 6.45) is 14.8. The normalized spacial score (nSPS) is 20.5. The Hall–Kier alpha value is -3.01. The van der Waals surface area contributed by atoms with Gasteiger partial charge in [-0.25, -0.2) is 9.97 Å². The van der Waals surface area contributed by atoms with Crippen LogP contribution >= 0.6 is 0 Å². The fourth-order valence-corrected chi connectivity index (χ4v) is 6.58. The van der Waals surface area contributed by atoms with Crippen molar-refractivity contribution in [3.8, 4) is 0 Å². The van der Waals surface area contributed by atoms with E-state index in [0.29, 0.717) is 18.7 Å². The zero-order valence-corrected chi connectivity index (χ0v) is 22.9. The molecule has 9 heteroatoms. The Balaban J connectivity index is 1.02. The zero-order valence-electron chi connectivity index (χ0n) is 22.9. The van der Waals surface area contributed by atoms with Gasteiger partial charge >= 0.3 is 0 Å². The summed E-state index contributed by atoms with van der Waals surface area (Å²) in [5, 5.41) is 0. The molecule has 3 aromatic rings. The number of H-pyrrole nitrogens is 2. The smallest absolute Gasteiger partial charge is 0.254 e. The molecule has 0 atom stereocenters. The molecule has 39 heavy (non-hydrogen) atoms. The van der Waals surface area contributed by atoms with Crippen LogP contribution in [0.2, 0.25) is 0 Å². The van der Waals surface area contributed by atoms with Gasteiger partial charge in [-0.15, -0.1) is 0 Å². The van der Waals surface area contributed by atoms with E-state index < -0.39 is 0 Å². The van der Waals surface area contributed by atoms with Gasteiger partial charge in [0.2, 0.25) is 0 Å². The van der Waals surface area contributed by atoms with E-state index in [4.69, 9.17) is 4.74 Å². The molecule has 1 saturated carbocycles. The van der Waals surface area contributed by atoms with Gasteiger partial charge < -0.3 is 19.6 Å². The summed E-state index contributed by atoms with van der Waals surface area (Å²) < 4.78 is 6.42. The number of aromatic amines is 2. The lowest BCUT2D eigenvalue weighted by Gasteiger charge is -2.48. The average molecular weight is 532 g/mol. The Bertz CT molecular complexity index is 1130. The number of hydrogen-bond acceptors (Lipinski definition) is 6. The third kappa shape index (κ3) is 6.59. The van der Waals surface area contributed by atoms with Crippen LogP contribution in [0.4, 0.5) is 0 Å². The van der Waals surface area contributed by atoms with E-state index in [9.17, 15) is 4.79 Å². The largest absolute Gasteiger partial charge is 0.372 e. The highest BCUT2D eigenvalue weighted by atomic mass is 16.5. The second-order valence-corrected chi connectivity index (χ2v) is 11.6. The van der Waals surface area contributed by atoms with Gasteiger partial charge in [-0.3, -0.25) is 14.6 Å². The topological polar surface area (TPSA) is 93.4 Å². The summed E-state index contributed by atoms with van der Waals surface area (Å²) in [5.41, 5.74) is 1.95. The van der Waals surface area contributed by atoms with Gasteiger partial charge in [-0.05, 0) is 49.3 Å². The number of benzene rings is 1. The molecule has 6 rings (SSSR count). The summed E-state index contributed by atoms with van der Waals surface area (Å²) in [6.45, 7) is 8.12. The van der Waals surface area contributed by atoms with E-state index in [2.05, 4.69) is 41.9 Å². The minimum Gasteiger partial charge on any atom is -0.372 e. The summed E-state index contributed by atoms with van der Waals surface area (Å²) in [6, 6.07) is 8.09. The SMILES string of the molecule is O=C(c1ccc(CN2CCC3(CC2)CN(CC2CCCC2)CCO3)cc1)N(Cc1ncc[nH]1)Cc1ncc[nH]1. The van der Waals surface area contributed by atoms with Gasteiger partial charge in [0.05, 0.1) is 25.3 Å². The first-order chi connectivity index (χ1) is 19.1. The number of piperidine rings is 1. The summed E-state index contributed by atoms with van der Waals surface area (Å²) in [4.78, 5) is 35.2. The summed E-state index contributed by atoms with van der Waals surface area (Å²) in [5.74, 6) is 2.36. The number of hydrogen-bond donors (Lipinski definition) is 2. The molecule has 2 aliphatic heterocycles. The molecule has 208 valence electrons. The third-order valence-electron chi connectivity index (χ3n) is 8.77. The number of nitrogens with zero attached hydrogens (tertiary/aromatic N) is 5. The lowest BCUT2D eigenvalue weighted by molar-refractivity contribution is -0.138. The van der Waals surface area contributed by atoms with Gasteiger partial charge in [-0.2, -0.15) is 0 Å². The van der Waals surface area contributed by atoms with Crippen molar-refractivity contribution in [1.82, 2.24) is 34.6 Å². The molecule has 3 aliphatic rings. The van der Waals surface area contributed by atoms with Crippen LogP contribution in [-0.4, -0.2) is 85.5 Å². The van der Waals surface area contributed by atoms with Crippen molar-refractivity contribution in [2.75, 3.05) is 39.3 Å². The van der Waals surface area contributed by atoms with E-state index >= 15 is 0 Å². The molecule has 0 bridgehead atoms. The van der Waals surface area contributed by atoms with Crippen molar-refractivity contribution in [2.45, 2.75) is 63.8 Å². The standard InChI is InChI=1S/C30H41N7O2/c38-29(37(21-27-31-11-12-32-27)22-28-33-13-14-34-28)26-7-5-25(6-8-26)19-35-15-9-30(10-16-35)23-36(17-18-39-30)20-24-3-1-2-4-24/h5-8,11-14,24H,1-4,9-10,15-23H2,(H,31,32)(H,33,34). The molecule has 9 nitrogen and oxygen atoms in total. The van der Waals surface area contributed by atoms with Crippen molar-refractivity contribution in [3.05, 3.63) is 71.8 Å². The fraction of sp³-hybridized carbons (Fsp3) is 0.567. The van der Waals surface area contributed by atoms with Crippen molar-refractivity contribution >= 4 is 5.91 Å². The first kappa shape index (κ1) is 26.2. The maximum atomic E-state index is 13.4. The van der Waals surface area contributed by atoms with Crippen LogP contribution in [0.3, 0.4) is 0 Å². The zero-order chi connectivity index (χ0) is 26.5. The van der Waals surface area contributed by atoms with E-state index in [0.717, 1.165) is 69.7 Å².